The Morgan fingerprint density at radius 2 is 1.96 bits per heavy atom. The minimum Gasteiger partial charge on any atom is -0.389 e. The maximum absolute atomic E-state index is 12.6. The lowest BCUT2D eigenvalue weighted by Crippen LogP contribution is -2.55. The molecule has 0 aromatic carbocycles. The molecule has 1 saturated carbocycles. The molecular weight excluding hydrogens is 320 g/mol. The summed E-state index contributed by atoms with van der Waals surface area (Å²) in [6.07, 6.45) is 4.25. The average molecular weight is 346 g/mol. The highest BCUT2D eigenvalue weighted by Gasteiger charge is 2.42. The number of piperazine rings is 1. The molecule has 0 radical (unpaired) electrons. The van der Waals surface area contributed by atoms with Crippen molar-refractivity contribution in [2.45, 2.75) is 38.0 Å². The molecule has 0 spiro atoms. The Balaban J connectivity index is 1.61. The molecule has 2 amide bonds. The number of hydrogen-bond donors (Lipinski definition) is 1. The monoisotopic (exact) mass is 346 g/mol. The van der Waals surface area contributed by atoms with Crippen molar-refractivity contribution in [2.75, 3.05) is 33.2 Å². The minimum atomic E-state index is -0.575. The molecule has 1 N–H and O–H groups in total. The van der Waals surface area contributed by atoms with E-state index in [4.69, 9.17) is 0 Å². The first-order valence-corrected chi connectivity index (χ1v) is 8.84. The van der Waals surface area contributed by atoms with Gasteiger partial charge >= 0.3 is 0 Å². The molecule has 3 rings (SSSR count). The number of rotatable bonds is 3. The van der Waals surface area contributed by atoms with Gasteiger partial charge in [-0.2, -0.15) is 0 Å². The van der Waals surface area contributed by atoms with E-state index in [1.165, 1.54) is 0 Å². The third-order valence-corrected chi connectivity index (χ3v) is 5.50. The molecule has 1 saturated heterocycles. The molecule has 1 aromatic heterocycles. The van der Waals surface area contributed by atoms with Gasteiger partial charge in [-0.05, 0) is 25.0 Å². The van der Waals surface area contributed by atoms with Gasteiger partial charge < -0.3 is 14.9 Å². The zero-order valence-electron chi connectivity index (χ0n) is 14.8. The Morgan fingerprint density at radius 1 is 1.24 bits per heavy atom. The van der Waals surface area contributed by atoms with Crippen LogP contribution >= 0.6 is 0 Å². The van der Waals surface area contributed by atoms with Crippen LogP contribution in [0.1, 0.15) is 30.1 Å². The van der Waals surface area contributed by atoms with E-state index in [0.717, 1.165) is 25.9 Å². The van der Waals surface area contributed by atoms with Crippen LogP contribution in [0, 0.1) is 0 Å². The zero-order valence-corrected chi connectivity index (χ0v) is 14.8. The van der Waals surface area contributed by atoms with Crippen molar-refractivity contribution in [3.05, 3.63) is 30.1 Å². The quantitative estimate of drug-likeness (QED) is 0.847. The molecule has 2 heterocycles. The Morgan fingerprint density at radius 3 is 2.56 bits per heavy atom. The summed E-state index contributed by atoms with van der Waals surface area (Å²) in [6.45, 7) is 4.54. The summed E-state index contributed by atoms with van der Waals surface area (Å²) in [4.78, 5) is 33.8. The fraction of sp³-hybridized carbons (Fsp3) is 0.611. The second-order valence-corrected chi connectivity index (χ2v) is 6.90. The van der Waals surface area contributed by atoms with Crippen molar-refractivity contribution >= 4 is 11.8 Å². The molecule has 1 aromatic rings. The summed E-state index contributed by atoms with van der Waals surface area (Å²) < 4.78 is 0. The molecule has 0 unspecified atom stereocenters. The number of aliphatic hydroxyl groups is 1. The highest BCUT2D eigenvalue weighted by Crippen LogP contribution is 2.29. The van der Waals surface area contributed by atoms with Gasteiger partial charge in [0.1, 0.15) is 0 Å². The number of likely N-dealkylation sites (N-methyl/N-ethyl adjacent to an activating group) is 1. The van der Waals surface area contributed by atoms with Crippen molar-refractivity contribution in [2.24, 2.45) is 0 Å². The third kappa shape index (κ3) is 3.67. The first-order chi connectivity index (χ1) is 12.0. The van der Waals surface area contributed by atoms with Gasteiger partial charge in [-0.25, -0.2) is 0 Å². The topological polar surface area (TPSA) is 77.0 Å². The fourth-order valence-electron chi connectivity index (χ4n) is 3.97. The van der Waals surface area contributed by atoms with Gasteiger partial charge in [0.15, 0.2) is 0 Å². The Bertz CT molecular complexity index is 616. The van der Waals surface area contributed by atoms with Crippen molar-refractivity contribution in [3.63, 3.8) is 0 Å². The highest BCUT2D eigenvalue weighted by molar-refractivity contribution is 5.94. The molecule has 25 heavy (non-hydrogen) atoms. The smallest absolute Gasteiger partial charge is 0.255 e. The second-order valence-electron chi connectivity index (χ2n) is 6.90. The number of amides is 2. The predicted molar refractivity (Wildman–Crippen MR) is 93.0 cm³/mol. The Labute approximate surface area is 148 Å². The van der Waals surface area contributed by atoms with Crippen molar-refractivity contribution in [1.29, 1.82) is 0 Å². The number of carbonyl (C=O) groups excluding carboxylic acids is 2. The van der Waals surface area contributed by atoms with Gasteiger partial charge in [-0.15, -0.1) is 0 Å². The lowest BCUT2D eigenvalue weighted by molar-refractivity contribution is -0.131. The van der Waals surface area contributed by atoms with E-state index < -0.39 is 6.10 Å². The normalized spacial score (nSPS) is 27.3. The van der Waals surface area contributed by atoms with E-state index in [2.05, 4.69) is 9.88 Å². The molecule has 2 fully saturated rings. The molecule has 1 aliphatic heterocycles. The van der Waals surface area contributed by atoms with Gasteiger partial charge in [0.25, 0.3) is 5.91 Å². The van der Waals surface area contributed by atoms with Crippen LogP contribution in [-0.2, 0) is 4.79 Å². The van der Waals surface area contributed by atoms with E-state index in [-0.39, 0.29) is 23.9 Å². The van der Waals surface area contributed by atoms with Gasteiger partial charge in [-0.3, -0.25) is 19.5 Å². The predicted octanol–water partition coefficient (Wildman–Crippen LogP) is 0.210. The van der Waals surface area contributed by atoms with E-state index in [1.807, 2.05) is 4.90 Å². The average Bonchev–Trinajstić information content (AvgIpc) is 3.02. The molecule has 2 aliphatic rings. The lowest BCUT2D eigenvalue weighted by Gasteiger charge is -2.39. The SMILES string of the molecule is CC(=O)N1CCN([C@@H]2CC[C@@H](N(C)C(=O)c3cccnc3)[C@H]2O)CC1. The van der Waals surface area contributed by atoms with Gasteiger partial charge in [0.05, 0.1) is 17.7 Å². The first-order valence-electron chi connectivity index (χ1n) is 8.84. The molecule has 136 valence electrons. The third-order valence-electron chi connectivity index (χ3n) is 5.50. The molecule has 3 atom stereocenters. The highest BCUT2D eigenvalue weighted by atomic mass is 16.3. The van der Waals surface area contributed by atoms with E-state index >= 15 is 0 Å². The van der Waals surface area contributed by atoms with Crippen LogP contribution in [0.2, 0.25) is 0 Å². The molecule has 0 bridgehead atoms. The number of carbonyl (C=O) groups is 2. The lowest BCUT2D eigenvalue weighted by atomic mass is 10.1. The molecular formula is C18H26N4O3. The number of aromatic nitrogens is 1. The van der Waals surface area contributed by atoms with Crippen molar-refractivity contribution < 1.29 is 14.7 Å². The van der Waals surface area contributed by atoms with E-state index in [0.29, 0.717) is 18.7 Å². The van der Waals surface area contributed by atoms with Crippen LogP contribution in [-0.4, -0.2) is 88.0 Å². The standard InChI is InChI=1S/C18H26N4O3/c1-13(23)21-8-10-22(11-9-21)16-6-5-15(17(16)24)20(2)18(25)14-4-3-7-19-12-14/h3-4,7,12,15-17,24H,5-6,8-11H2,1-2H3/t15-,16-,17-/m1/s1. The number of nitrogens with zero attached hydrogens (tertiary/aromatic N) is 4. The maximum atomic E-state index is 12.6. The summed E-state index contributed by atoms with van der Waals surface area (Å²) in [5, 5.41) is 10.8. The van der Waals surface area contributed by atoms with Gasteiger partial charge in [0, 0.05) is 58.6 Å². The van der Waals surface area contributed by atoms with Crippen molar-refractivity contribution in [1.82, 2.24) is 19.7 Å². The molecule has 7 nitrogen and oxygen atoms in total. The van der Waals surface area contributed by atoms with Crippen molar-refractivity contribution in [3.8, 4) is 0 Å². The summed E-state index contributed by atoms with van der Waals surface area (Å²) in [5.41, 5.74) is 0.538. The van der Waals surface area contributed by atoms with E-state index in [9.17, 15) is 14.7 Å². The largest absolute Gasteiger partial charge is 0.389 e. The zero-order chi connectivity index (χ0) is 18.0. The summed E-state index contributed by atoms with van der Waals surface area (Å²) in [7, 11) is 1.75. The maximum Gasteiger partial charge on any atom is 0.255 e. The second kappa shape index (κ2) is 7.49. The number of pyridine rings is 1. The summed E-state index contributed by atoms with van der Waals surface area (Å²) in [5.74, 6) is -0.00880. The number of hydrogen-bond acceptors (Lipinski definition) is 5. The molecule has 7 heteroatoms. The van der Waals surface area contributed by atoms with Crippen LogP contribution in [0.4, 0.5) is 0 Å². The van der Waals surface area contributed by atoms with E-state index in [1.54, 1.807) is 43.4 Å². The number of aliphatic hydroxyl groups excluding tert-OH is 1. The summed E-state index contributed by atoms with van der Waals surface area (Å²) >= 11 is 0. The van der Waals surface area contributed by atoms with Crippen LogP contribution in [0.3, 0.4) is 0 Å². The minimum absolute atomic E-state index is 0.0447. The fourth-order valence-corrected chi connectivity index (χ4v) is 3.97. The Hall–Kier alpha value is -1.99. The van der Waals surface area contributed by atoms with Gasteiger partial charge in [0.2, 0.25) is 5.91 Å². The van der Waals surface area contributed by atoms with Crippen LogP contribution in [0.25, 0.3) is 0 Å². The van der Waals surface area contributed by atoms with Crippen LogP contribution in [0.5, 0.6) is 0 Å². The first kappa shape index (κ1) is 17.8. The van der Waals surface area contributed by atoms with Crippen LogP contribution in [0.15, 0.2) is 24.5 Å². The Kier molecular flexibility index (Phi) is 5.34. The molecule has 1 aliphatic carbocycles. The summed E-state index contributed by atoms with van der Waals surface area (Å²) in [6, 6.07) is 3.33. The van der Waals surface area contributed by atoms with Crippen LogP contribution < -0.4 is 0 Å². The van der Waals surface area contributed by atoms with Gasteiger partial charge in [-0.1, -0.05) is 0 Å².